The minimum Gasteiger partial charge on any atom is -0.462 e. The number of ether oxygens (including phenoxy) is 1. The van der Waals surface area contributed by atoms with E-state index in [0.29, 0.717) is 11.3 Å². The van der Waals surface area contributed by atoms with Crippen molar-refractivity contribution in [3.05, 3.63) is 58.9 Å². The molecule has 23 heavy (non-hydrogen) atoms. The average molecular weight is 337 g/mol. The normalized spacial score (nSPS) is 10.0. The van der Waals surface area contributed by atoms with E-state index >= 15 is 0 Å². The summed E-state index contributed by atoms with van der Waals surface area (Å²) < 4.78 is 18.5. The van der Waals surface area contributed by atoms with Crippen molar-refractivity contribution in [3.63, 3.8) is 0 Å². The third kappa shape index (κ3) is 4.69. The lowest BCUT2D eigenvalue weighted by molar-refractivity contribution is 0.0526. The van der Waals surface area contributed by atoms with E-state index in [1.54, 1.807) is 25.1 Å². The van der Waals surface area contributed by atoms with Crippen molar-refractivity contribution in [3.8, 4) is 0 Å². The second-order valence-corrected chi connectivity index (χ2v) is 4.94. The van der Waals surface area contributed by atoms with Crippen LogP contribution in [0.25, 0.3) is 0 Å². The highest BCUT2D eigenvalue weighted by molar-refractivity contribution is 6.30. The van der Waals surface area contributed by atoms with Crippen LogP contribution >= 0.6 is 11.6 Å². The molecule has 0 spiro atoms. The summed E-state index contributed by atoms with van der Waals surface area (Å²) in [6.07, 6.45) is 0. The van der Waals surface area contributed by atoms with Crippen LogP contribution in [0.4, 0.5) is 20.6 Å². The molecular weight excluding hydrogens is 323 g/mol. The number of esters is 1. The van der Waals surface area contributed by atoms with E-state index in [0.717, 1.165) is 6.07 Å². The lowest BCUT2D eigenvalue weighted by Gasteiger charge is -2.09. The van der Waals surface area contributed by atoms with Gasteiger partial charge in [0.1, 0.15) is 5.82 Å². The summed E-state index contributed by atoms with van der Waals surface area (Å²) >= 11 is 5.64. The van der Waals surface area contributed by atoms with Crippen LogP contribution in [-0.2, 0) is 4.74 Å². The van der Waals surface area contributed by atoms with Crippen LogP contribution in [-0.4, -0.2) is 18.6 Å². The van der Waals surface area contributed by atoms with Gasteiger partial charge in [-0.05, 0) is 43.3 Å². The van der Waals surface area contributed by atoms with Gasteiger partial charge in [0.15, 0.2) is 0 Å². The van der Waals surface area contributed by atoms with E-state index in [2.05, 4.69) is 10.6 Å². The third-order valence-electron chi connectivity index (χ3n) is 2.81. The van der Waals surface area contributed by atoms with Gasteiger partial charge in [-0.3, -0.25) is 0 Å². The Kier molecular flexibility index (Phi) is 5.54. The maximum atomic E-state index is 13.6. The number of hydrogen-bond donors (Lipinski definition) is 2. The van der Waals surface area contributed by atoms with Crippen LogP contribution in [0.2, 0.25) is 5.02 Å². The maximum absolute atomic E-state index is 13.6. The van der Waals surface area contributed by atoms with Gasteiger partial charge in [-0.1, -0.05) is 17.7 Å². The molecule has 0 aliphatic carbocycles. The van der Waals surface area contributed by atoms with Gasteiger partial charge in [0.25, 0.3) is 0 Å². The van der Waals surface area contributed by atoms with E-state index in [-0.39, 0.29) is 17.3 Å². The zero-order valence-corrected chi connectivity index (χ0v) is 13.0. The second-order valence-electron chi connectivity index (χ2n) is 4.50. The van der Waals surface area contributed by atoms with Crippen molar-refractivity contribution in [1.82, 2.24) is 0 Å². The van der Waals surface area contributed by atoms with Crippen LogP contribution in [0, 0.1) is 5.82 Å². The molecule has 2 aromatic rings. The summed E-state index contributed by atoms with van der Waals surface area (Å²) in [4.78, 5) is 23.5. The summed E-state index contributed by atoms with van der Waals surface area (Å²) in [5, 5.41) is 5.10. The molecule has 0 atom stereocenters. The monoisotopic (exact) mass is 336 g/mol. The summed E-state index contributed by atoms with van der Waals surface area (Å²) in [5.41, 5.74) is 0.679. The van der Waals surface area contributed by atoms with Crippen LogP contribution < -0.4 is 10.6 Å². The Hall–Kier alpha value is -2.60. The van der Waals surface area contributed by atoms with Crippen molar-refractivity contribution in [2.24, 2.45) is 0 Å². The number of nitrogens with one attached hydrogen (secondary N) is 2. The van der Waals surface area contributed by atoms with Gasteiger partial charge >= 0.3 is 12.0 Å². The van der Waals surface area contributed by atoms with Crippen molar-refractivity contribution in [2.45, 2.75) is 6.92 Å². The van der Waals surface area contributed by atoms with E-state index in [4.69, 9.17) is 16.3 Å². The lowest BCUT2D eigenvalue weighted by Crippen LogP contribution is -2.20. The van der Waals surface area contributed by atoms with Crippen molar-refractivity contribution in [1.29, 1.82) is 0 Å². The van der Waals surface area contributed by atoms with Crippen LogP contribution in [0.3, 0.4) is 0 Å². The SMILES string of the molecule is CCOC(=O)c1cccc(NC(=O)Nc2ccc(Cl)cc2F)c1. The molecule has 5 nitrogen and oxygen atoms in total. The Morgan fingerprint density at radius 3 is 2.65 bits per heavy atom. The van der Waals surface area contributed by atoms with Crippen molar-refractivity contribution in [2.75, 3.05) is 17.2 Å². The van der Waals surface area contributed by atoms with Crippen molar-refractivity contribution < 1.29 is 18.7 Å². The number of urea groups is 1. The summed E-state index contributed by atoms with van der Waals surface area (Å²) in [6, 6.07) is 9.50. The second kappa shape index (κ2) is 7.60. The average Bonchev–Trinajstić information content (AvgIpc) is 2.50. The Bertz CT molecular complexity index is 737. The first-order valence-corrected chi connectivity index (χ1v) is 7.17. The molecule has 0 bridgehead atoms. The minimum absolute atomic E-state index is 0.00607. The topological polar surface area (TPSA) is 67.4 Å². The zero-order chi connectivity index (χ0) is 16.8. The minimum atomic E-state index is -0.646. The molecule has 2 N–H and O–H groups in total. The molecule has 2 rings (SSSR count). The lowest BCUT2D eigenvalue weighted by atomic mass is 10.2. The van der Waals surface area contributed by atoms with Gasteiger partial charge < -0.3 is 15.4 Å². The maximum Gasteiger partial charge on any atom is 0.338 e. The largest absolute Gasteiger partial charge is 0.462 e. The van der Waals surface area contributed by atoms with Crippen LogP contribution in [0.5, 0.6) is 0 Å². The number of halogens is 2. The van der Waals surface area contributed by atoms with Gasteiger partial charge in [0.2, 0.25) is 0 Å². The molecule has 0 aliphatic rings. The number of hydrogen-bond acceptors (Lipinski definition) is 3. The first-order chi connectivity index (χ1) is 11.0. The van der Waals surface area contributed by atoms with Gasteiger partial charge in [0, 0.05) is 10.7 Å². The first kappa shape index (κ1) is 16.8. The van der Waals surface area contributed by atoms with Gasteiger partial charge in [-0.15, -0.1) is 0 Å². The summed E-state index contributed by atoms with van der Waals surface area (Å²) in [7, 11) is 0. The number of carbonyl (C=O) groups excluding carboxylic acids is 2. The molecule has 2 aromatic carbocycles. The quantitative estimate of drug-likeness (QED) is 0.818. The highest BCUT2D eigenvalue weighted by Gasteiger charge is 2.10. The summed E-state index contributed by atoms with van der Waals surface area (Å²) in [5.74, 6) is -1.13. The number of benzene rings is 2. The molecule has 120 valence electrons. The first-order valence-electron chi connectivity index (χ1n) is 6.80. The fourth-order valence-electron chi connectivity index (χ4n) is 1.81. The molecule has 7 heteroatoms. The molecular formula is C16H14ClFN2O3. The fourth-order valence-corrected chi connectivity index (χ4v) is 1.97. The third-order valence-corrected chi connectivity index (χ3v) is 3.05. The molecule has 0 aliphatic heterocycles. The molecule has 0 heterocycles. The molecule has 0 radical (unpaired) electrons. The standard InChI is InChI=1S/C16H14ClFN2O3/c1-2-23-15(21)10-4-3-5-12(8-10)19-16(22)20-14-7-6-11(17)9-13(14)18/h3-9H,2H2,1H3,(H2,19,20,22). The number of rotatable bonds is 4. The van der Waals surface area contributed by atoms with Gasteiger partial charge in [0.05, 0.1) is 17.9 Å². The predicted octanol–water partition coefficient (Wildman–Crippen LogP) is 4.30. The van der Waals surface area contributed by atoms with E-state index in [1.807, 2.05) is 0 Å². The summed E-state index contributed by atoms with van der Waals surface area (Å²) in [6.45, 7) is 1.96. The Labute approximate surface area is 137 Å². The Balaban J connectivity index is 2.05. The Morgan fingerprint density at radius 2 is 1.96 bits per heavy atom. The van der Waals surface area contributed by atoms with Crippen LogP contribution in [0.1, 0.15) is 17.3 Å². The highest BCUT2D eigenvalue weighted by atomic mass is 35.5. The van der Waals surface area contributed by atoms with Gasteiger partial charge in [-0.25, -0.2) is 14.0 Å². The molecule has 0 fully saturated rings. The number of anilines is 2. The Morgan fingerprint density at radius 1 is 1.17 bits per heavy atom. The smallest absolute Gasteiger partial charge is 0.338 e. The number of amides is 2. The zero-order valence-electron chi connectivity index (χ0n) is 12.2. The van der Waals surface area contributed by atoms with E-state index in [1.165, 1.54) is 18.2 Å². The van der Waals surface area contributed by atoms with Crippen molar-refractivity contribution >= 4 is 35.0 Å². The molecule has 0 saturated heterocycles. The van der Waals surface area contributed by atoms with E-state index in [9.17, 15) is 14.0 Å². The predicted molar refractivity (Wildman–Crippen MR) is 86.4 cm³/mol. The number of carbonyl (C=O) groups is 2. The van der Waals surface area contributed by atoms with Crippen LogP contribution in [0.15, 0.2) is 42.5 Å². The van der Waals surface area contributed by atoms with E-state index < -0.39 is 17.8 Å². The molecule has 0 saturated carbocycles. The molecule has 0 aromatic heterocycles. The molecule has 2 amide bonds. The molecule has 0 unspecified atom stereocenters. The fraction of sp³-hybridized carbons (Fsp3) is 0.125. The van der Waals surface area contributed by atoms with Gasteiger partial charge in [-0.2, -0.15) is 0 Å². The highest BCUT2D eigenvalue weighted by Crippen LogP contribution is 2.19.